The van der Waals surface area contributed by atoms with Crippen molar-refractivity contribution >= 4 is 61.8 Å². The highest BCUT2D eigenvalue weighted by Gasteiger charge is 2.33. The van der Waals surface area contributed by atoms with Gasteiger partial charge in [-0.1, -0.05) is 129 Å². The van der Waals surface area contributed by atoms with E-state index in [1.807, 2.05) is 30.3 Å². The quantitative estimate of drug-likeness (QED) is 0.115. The van der Waals surface area contributed by atoms with E-state index in [2.05, 4.69) is 138 Å². The largest absolute Gasteiger partial charge is 0.678 e. The highest BCUT2D eigenvalue weighted by Crippen LogP contribution is 2.44. The van der Waals surface area contributed by atoms with Gasteiger partial charge in [-0.05, 0) is 129 Å². The molecule has 0 fully saturated rings. The molecule has 55 heavy (non-hydrogen) atoms. The first-order valence-corrected chi connectivity index (χ1v) is 19.2. The van der Waals surface area contributed by atoms with Crippen LogP contribution in [-0.2, 0) is 6.42 Å². The molecule has 0 atom stereocenters. The molecule has 0 bridgehead atoms. The van der Waals surface area contributed by atoms with Crippen LogP contribution in [0.1, 0.15) is 59.3 Å². The van der Waals surface area contributed by atoms with Crippen LogP contribution < -0.4 is 0 Å². The van der Waals surface area contributed by atoms with Gasteiger partial charge in [0, 0.05) is 28.1 Å². The molecule has 268 valence electrons. The Morgan fingerprint density at radius 1 is 0.600 bits per heavy atom. The van der Waals surface area contributed by atoms with Gasteiger partial charge < -0.3 is 4.48 Å². The van der Waals surface area contributed by atoms with Crippen LogP contribution in [0.3, 0.4) is 0 Å². The van der Waals surface area contributed by atoms with Gasteiger partial charge in [-0.2, -0.15) is 0 Å². The molecule has 2 nitrogen and oxygen atoms in total. The zero-order valence-corrected chi connectivity index (χ0v) is 31.8. The summed E-state index contributed by atoms with van der Waals surface area (Å²) in [7, 11) is -2.80. The molecule has 7 aromatic carbocycles. The zero-order valence-electron chi connectivity index (χ0n) is 31.8. The molecule has 0 radical (unpaired) electrons. The zero-order chi connectivity index (χ0) is 38.0. The van der Waals surface area contributed by atoms with Gasteiger partial charge in [0.05, 0.1) is 11.4 Å². The molecule has 5 heteroatoms. The van der Waals surface area contributed by atoms with Crippen molar-refractivity contribution in [1.29, 1.82) is 0 Å². The van der Waals surface area contributed by atoms with Crippen molar-refractivity contribution in [1.82, 2.24) is 4.48 Å². The van der Waals surface area contributed by atoms with Gasteiger partial charge in [0.1, 0.15) is 0 Å². The summed E-state index contributed by atoms with van der Waals surface area (Å²) in [5.41, 5.74) is 11.3. The van der Waals surface area contributed by atoms with Crippen LogP contribution in [0.15, 0.2) is 150 Å². The van der Waals surface area contributed by atoms with Crippen LogP contribution in [0.25, 0.3) is 59.9 Å². The molecular weight excluding hydrogens is 677 g/mol. The van der Waals surface area contributed by atoms with Gasteiger partial charge in [0.2, 0.25) is 0 Å². The molecule has 0 amide bonds. The lowest BCUT2D eigenvalue weighted by molar-refractivity contribution is 0.629. The third-order valence-electron chi connectivity index (χ3n) is 11.4. The number of hydrogen-bond donors (Lipinski definition) is 0. The van der Waals surface area contributed by atoms with Gasteiger partial charge in [-0.15, -0.1) is 0 Å². The van der Waals surface area contributed by atoms with Gasteiger partial charge in [-0.3, -0.25) is 8.63 Å². The maximum atomic E-state index is 16.2. The molecule has 0 saturated heterocycles. The third-order valence-corrected chi connectivity index (χ3v) is 11.4. The number of hydrogen-bond acceptors (Lipinski definition) is 1. The van der Waals surface area contributed by atoms with E-state index >= 15 is 8.63 Å². The first kappa shape index (κ1) is 34.7. The first-order chi connectivity index (χ1) is 26.8. The minimum Gasteiger partial charge on any atom is -0.324 e. The predicted octanol–water partition coefficient (Wildman–Crippen LogP) is 13.6. The van der Waals surface area contributed by atoms with Crippen LogP contribution in [0, 0.1) is 20.8 Å². The fourth-order valence-electron chi connectivity index (χ4n) is 9.10. The van der Waals surface area contributed by atoms with Crippen LogP contribution in [0.4, 0.5) is 8.63 Å². The normalized spacial score (nSPS) is 13.9. The number of aryl methyl sites for hydroxylation is 4. The number of nitrogens with zero attached hydrogens (tertiary/aromatic N) is 2. The lowest BCUT2D eigenvalue weighted by Gasteiger charge is -2.20. The van der Waals surface area contributed by atoms with Gasteiger partial charge >= 0.3 is 7.40 Å². The van der Waals surface area contributed by atoms with Crippen molar-refractivity contribution in [2.24, 2.45) is 4.99 Å². The maximum Gasteiger partial charge on any atom is 0.678 e. The van der Waals surface area contributed by atoms with Crippen molar-refractivity contribution < 1.29 is 8.63 Å². The Kier molecular flexibility index (Phi) is 8.61. The number of aliphatic imine (C=N–C) groups is 1. The molecule has 1 aliphatic rings. The molecule has 8 aromatic rings. The number of rotatable bonds is 7. The van der Waals surface area contributed by atoms with Crippen molar-refractivity contribution in [3.8, 4) is 11.3 Å². The number of benzene rings is 7. The summed E-state index contributed by atoms with van der Waals surface area (Å²) in [5.74, 6) is 0. The van der Waals surface area contributed by atoms with E-state index in [0.717, 1.165) is 94.5 Å². The van der Waals surface area contributed by atoms with Crippen molar-refractivity contribution in [3.05, 3.63) is 184 Å². The van der Waals surface area contributed by atoms with E-state index in [-0.39, 0.29) is 0 Å². The highest BCUT2D eigenvalue weighted by atomic mass is 19.2. The number of aromatic nitrogens is 1. The van der Waals surface area contributed by atoms with E-state index in [9.17, 15) is 0 Å². The van der Waals surface area contributed by atoms with E-state index in [1.54, 1.807) is 0 Å². The SMILES string of the molecule is CCC1=C/C(=C(\c2c(C)cc(C)cc2C)c2cc(CC)c(-c3cc4ccccc4c4ccccc34)n2B(F)F)N=C1c1cc2ccccc2c2ccccc12. The van der Waals surface area contributed by atoms with Gasteiger partial charge in [-0.25, -0.2) is 4.99 Å². The molecule has 0 N–H and O–H groups in total. The Balaban J connectivity index is 1.39. The van der Waals surface area contributed by atoms with Crippen LogP contribution in [-0.4, -0.2) is 17.6 Å². The predicted molar refractivity (Wildman–Crippen MR) is 231 cm³/mol. The summed E-state index contributed by atoms with van der Waals surface area (Å²) in [4.78, 5) is 5.50. The van der Waals surface area contributed by atoms with E-state index in [0.29, 0.717) is 23.5 Å². The van der Waals surface area contributed by atoms with Crippen molar-refractivity contribution in [3.63, 3.8) is 0 Å². The Morgan fingerprint density at radius 2 is 1.11 bits per heavy atom. The monoisotopic (exact) mass is 718 g/mol. The average molecular weight is 719 g/mol. The lowest BCUT2D eigenvalue weighted by Crippen LogP contribution is -2.18. The summed E-state index contributed by atoms with van der Waals surface area (Å²) in [6.07, 6.45) is 3.48. The highest BCUT2D eigenvalue weighted by molar-refractivity contribution is 6.42. The standard InChI is InChI=1S/C50H41BF2N2/c1-6-33-28-45(54-49(33)43-26-35-16-8-10-18-37(35)39-20-12-14-22-41(39)43)48(47-31(4)24-30(3)25-32(47)5)46-29-34(7-2)50(55(46)51(52)53)44-27-36-17-9-11-19-38(36)40-21-13-15-23-42(40)44/h8-29H,6-7H2,1-5H3/b48-45+. The van der Waals surface area contributed by atoms with E-state index in [4.69, 9.17) is 4.99 Å². The van der Waals surface area contributed by atoms with Gasteiger partial charge in [0.25, 0.3) is 0 Å². The molecule has 0 unspecified atom stereocenters. The van der Waals surface area contributed by atoms with Crippen molar-refractivity contribution in [2.45, 2.75) is 47.5 Å². The molecule has 1 aromatic heterocycles. The molecule has 0 spiro atoms. The van der Waals surface area contributed by atoms with Crippen molar-refractivity contribution in [2.75, 3.05) is 0 Å². The van der Waals surface area contributed by atoms with E-state index < -0.39 is 7.40 Å². The molecule has 0 saturated carbocycles. The number of fused-ring (bicyclic) bond motifs is 6. The van der Waals surface area contributed by atoms with Crippen LogP contribution >= 0.6 is 0 Å². The summed E-state index contributed by atoms with van der Waals surface area (Å²) >= 11 is 0. The second-order valence-corrected chi connectivity index (χ2v) is 14.8. The lowest BCUT2D eigenvalue weighted by atomic mass is 9.89. The minimum absolute atomic E-state index is 0.476. The third kappa shape index (κ3) is 5.64. The molecule has 1 aliphatic heterocycles. The smallest absolute Gasteiger partial charge is 0.324 e. The molecule has 2 heterocycles. The summed E-state index contributed by atoms with van der Waals surface area (Å²) < 4.78 is 33.6. The topological polar surface area (TPSA) is 17.3 Å². The average Bonchev–Trinajstić information content (AvgIpc) is 3.80. The molecular formula is C50H41BF2N2. The number of halogens is 2. The van der Waals surface area contributed by atoms with Gasteiger partial charge in [0.15, 0.2) is 0 Å². The number of allylic oxidation sites excluding steroid dienone is 2. The maximum absolute atomic E-state index is 16.2. The molecule has 9 rings (SSSR count). The van der Waals surface area contributed by atoms with Crippen LogP contribution in [0.5, 0.6) is 0 Å². The summed E-state index contributed by atoms with van der Waals surface area (Å²) in [5, 5.41) is 8.76. The molecule has 0 aliphatic carbocycles. The minimum atomic E-state index is -2.80. The first-order valence-electron chi connectivity index (χ1n) is 19.2. The summed E-state index contributed by atoms with van der Waals surface area (Å²) in [6.45, 7) is 10.5. The van der Waals surface area contributed by atoms with E-state index in [1.165, 1.54) is 15.3 Å². The second-order valence-electron chi connectivity index (χ2n) is 14.8. The second kappa shape index (κ2) is 13.7. The fraction of sp³-hybridized carbons (Fsp3) is 0.140. The Labute approximate surface area is 321 Å². The Hall–Kier alpha value is -6.07. The Bertz CT molecular complexity index is 2940. The summed E-state index contributed by atoms with van der Waals surface area (Å²) in [6, 6.07) is 44.0. The van der Waals surface area contributed by atoms with Crippen LogP contribution in [0.2, 0.25) is 0 Å². The fourth-order valence-corrected chi connectivity index (χ4v) is 9.10. The Morgan fingerprint density at radius 3 is 1.65 bits per heavy atom.